The van der Waals surface area contributed by atoms with Crippen molar-refractivity contribution in [2.45, 2.75) is 17.8 Å². The topological polar surface area (TPSA) is 52.6 Å². The molecular weight excluding hydrogens is 431 g/mol. The molecule has 0 radical (unpaired) electrons. The first kappa shape index (κ1) is 20.4. The summed E-state index contributed by atoms with van der Waals surface area (Å²) in [7, 11) is 0. The largest absolute Gasteiger partial charge is 0.428 e. The lowest BCUT2D eigenvalue weighted by molar-refractivity contribution is -0.121. The molecule has 166 valence electrons. The maximum atomic E-state index is 13.8. The number of rotatable bonds is 6. The Morgan fingerprint density at radius 3 is 1.91 bits per heavy atom. The highest BCUT2D eigenvalue weighted by molar-refractivity contribution is 5.78. The molecule has 0 spiro atoms. The first-order valence-corrected chi connectivity index (χ1v) is 11.0. The summed E-state index contributed by atoms with van der Waals surface area (Å²) in [5.41, 5.74) is 6.19. The summed E-state index contributed by atoms with van der Waals surface area (Å²) >= 11 is 0. The van der Waals surface area contributed by atoms with Crippen LogP contribution in [0.3, 0.4) is 0 Å². The highest BCUT2D eigenvalue weighted by atomic mass is 19.1. The van der Waals surface area contributed by atoms with E-state index in [2.05, 4.69) is 24.3 Å². The summed E-state index contributed by atoms with van der Waals surface area (Å²) in [6.07, 6.45) is 0.501. The van der Waals surface area contributed by atoms with Gasteiger partial charge in [0.1, 0.15) is 17.3 Å². The van der Waals surface area contributed by atoms with Gasteiger partial charge in [-0.1, -0.05) is 60.7 Å². The van der Waals surface area contributed by atoms with Crippen LogP contribution in [0, 0.1) is 5.82 Å². The summed E-state index contributed by atoms with van der Waals surface area (Å²) in [5, 5.41) is 0. The number of benzene rings is 4. The van der Waals surface area contributed by atoms with Crippen LogP contribution in [0.25, 0.3) is 0 Å². The van der Waals surface area contributed by atoms with E-state index in [4.69, 9.17) is 9.47 Å². The highest BCUT2D eigenvalue weighted by Gasteiger charge is 2.54. The summed E-state index contributed by atoms with van der Waals surface area (Å²) in [5.74, 6) is 0.351. The van der Waals surface area contributed by atoms with Gasteiger partial charge >= 0.3 is 0 Å². The Bertz CT molecular complexity index is 1390. The number of hydrogen-bond donors (Lipinski definition) is 0. The van der Waals surface area contributed by atoms with Crippen molar-refractivity contribution in [1.29, 1.82) is 0 Å². The van der Waals surface area contributed by atoms with Gasteiger partial charge in [0.05, 0.1) is 5.41 Å². The fourth-order valence-electron chi connectivity index (χ4n) is 5.97. The van der Waals surface area contributed by atoms with Crippen molar-refractivity contribution in [3.8, 4) is 11.5 Å². The molecule has 0 fully saturated rings. The van der Waals surface area contributed by atoms with Crippen molar-refractivity contribution in [3.05, 3.63) is 130 Å². The van der Waals surface area contributed by atoms with E-state index in [1.807, 2.05) is 24.3 Å². The molecular formula is C29H19FO4. The molecule has 0 aromatic heterocycles. The molecule has 0 N–H and O–H groups in total. The van der Waals surface area contributed by atoms with Crippen LogP contribution < -0.4 is 9.47 Å². The van der Waals surface area contributed by atoms with Gasteiger partial charge in [-0.25, -0.2) is 4.39 Å². The molecule has 3 aliphatic carbocycles. The molecule has 0 saturated carbocycles. The van der Waals surface area contributed by atoms with Gasteiger partial charge in [0.2, 0.25) is 0 Å². The molecule has 0 aliphatic heterocycles. The first-order chi connectivity index (χ1) is 16.7. The summed E-state index contributed by atoms with van der Waals surface area (Å²) in [6, 6.07) is 26.2. The third-order valence-corrected chi connectivity index (χ3v) is 7.08. The van der Waals surface area contributed by atoms with Gasteiger partial charge in [-0.15, -0.1) is 0 Å². The van der Waals surface area contributed by atoms with E-state index in [9.17, 15) is 14.0 Å². The van der Waals surface area contributed by atoms with E-state index in [1.165, 1.54) is 12.1 Å². The van der Waals surface area contributed by atoms with Crippen LogP contribution in [0.2, 0.25) is 0 Å². The number of halogens is 1. The van der Waals surface area contributed by atoms with E-state index in [-0.39, 0.29) is 11.7 Å². The van der Waals surface area contributed by atoms with Crippen LogP contribution >= 0.6 is 0 Å². The second-order valence-corrected chi connectivity index (χ2v) is 8.59. The highest BCUT2D eigenvalue weighted by Crippen LogP contribution is 2.63. The molecule has 5 heteroatoms. The minimum absolute atomic E-state index is 0.192. The minimum Gasteiger partial charge on any atom is -0.428 e. The average molecular weight is 450 g/mol. The van der Waals surface area contributed by atoms with Crippen LogP contribution in [0.5, 0.6) is 11.5 Å². The molecule has 0 saturated heterocycles. The molecule has 2 bridgehead atoms. The smallest absolute Gasteiger partial charge is 0.298 e. The second-order valence-electron chi connectivity index (χ2n) is 8.59. The SMILES string of the molecule is O=COc1ccc(OC=O)c2c1C1c3ccccc3C2(Cc2ccc(F)cc2)c2ccccc21. The van der Waals surface area contributed by atoms with Crippen molar-refractivity contribution < 1.29 is 23.5 Å². The zero-order valence-corrected chi connectivity index (χ0v) is 18.0. The monoisotopic (exact) mass is 450 g/mol. The molecule has 0 unspecified atom stereocenters. The molecule has 7 rings (SSSR count). The van der Waals surface area contributed by atoms with Gasteiger partial charge in [0.15, 0.2) is 0 Å². The van der Waals surface area contributed by atoms with E-state index in [0.29, 0.717) is 30.9 Å². The van der Waals surface area contributed by atoms with Gasteiger partial charge in [-0.2, -0.15) is 0 Å². The predicted octanol–water partition coefficient (Wildman–Crippen LogP) is 5.28. The van der Waals surface area contributed by atoms with Crippen molar-refractivity contribution in [2.75, 3.05) is 0 Å². The van der Waals surface area contributed by atoms with Crippen LogP contribution in [0.4, 0.5) is 4.39 Å². The van der Waals surface area contributed by atoms with Gasteiger partial charge in [0, 0.05) is 17.0 Å². The summed E-state index contributed by atoms with van der Waals surface area (Å²) in [6.45, 7) is 0.837. The molecule has 4 aromatic carbocycles. The Morgan fingerprint density at radius 1 is 0.735 bits per heavy atom. The molecule has 0 heterocycles. The quantitative estimate of drug-likeness (QED) is 0.375. The molecule has 3 aliphatic rings. The molecule has 0 atom stereocenters. The zero-order valence-electron chi connectivity index (χ0n) is 18.0. The van der Waals surface area contributed by atoms with Crippen molar-refractivity contribution in [2.24, 2.45) is 0 Å². The third kappa shape index (κ3) is 2.70. The summed E-state index contributed by atoms with van der Waals surface area (Å²) < 4.78 is 24.7. The third-order valence-electron chi connectivity index (χ3n) is 7.08. The molecule has 4 nitrogen and oxygen atoms in total. The molecule has 0 amide bonds. The minimum atomic E-state index is -0.740. The van der Waals surface area contributed by atoms with Crippen LogP contribution in [0.1, 0.15) is 44.9 Å². The second kappa shape index (κ2) is 7.66. The Kier molecular flexibility index (Phi) is 4.59. The Labute approximate surface area is 195 Å². The normalized spacial score (nSPS) is 18.9. The van der Waals surface area contributed by atoms with Crippen LogP contribution in [-0.2, 0) is 21.4 Å². The van der Waals surface area contributed by atoms with Crippen LogP contribution in [0.15, 0.2) is 84.9 Å². The zero-order chi connectivity index (χ0) is 23.3. The Hall–Kier alpha value is -4.25. The van der Waals surface area contributed by atoms with E-state index in [1.54, 1.807) is 24.3 Å². The van der Waals surface area contributed by atoms with E-state index >= 15 is 0 Å². The average Bonchev–Trinajstić information content (AvgIpc) is 2.87. The maximum Gasteiger partial charge on any atom is 0.298 e. The Morgan fingerprint density at radius 2 is 1.29 bits per heavy atom. The molecule has 4 aromatic rings. The molecule has 34 heavy (non-hydrogen) atoms. The predicted molar refractivity (Wildman–Crippen MR) is 124 cm³/mol. The first-order valence-electron chi connectivity index (χ1n) is 11.0. The van der Waals surface area contributed by atoms with Gasteiger partial charge < -0.3 is 9.47 Å². The lowest BCUT2D eigenvalue weighted by Gasteiger charge is -2.51. The fraction of sp³-hybridized carbons (Fsp3) is 0.103. The van der Waals surface area contributed by atoms with E-state index < -0.39 is 5.41 Å². The van der Waals surface area contributed by atoms with Gasteiger partial charge in [-0.05, 0) is 58.5 Å². The van der Waals surface area contributed by atoms with Gasteiger partial charge in [-0.3, -0.25) is 9.59 Å². The Balaban J connectivity index is 1.76. The van der Waals surface area contributed by atoms with E-state index in [0.717, 1.165) is 38.9 Å². The lowest BCUT2D eigenvalue weighted by atomic mass is 9.51. The number of carbonyl (C=O) groups excluding carboxylic acids is 2. The summed E-state index contributed by atoms with van der Waals surface area (Å²) in [4.78, 5) is 22.9. The van der Waals surface area contributed by atoms with Crippen molar-refractivity contribution in [3.63, 3.8) is 0 Å². The number of ether oxygens (including phenoxy) is 2. The number of carbonyl (C=O) groups is 2. The van der Waals surface area contributed by atoms with Crippen LogP contribution in [-0.4, -0.2) is 12.9 Å². The maximum absolute atomic E-state index is 13.8. The van der Waals surface area contributed by atoms with Crippen molar-refractivity contribution in [1.82, 2.24) is 0 Å². The fourth-order valence-corrected chi connectivity index (χ4v) is 5.97. The van der Waals surface area contributed by atoms with Gasteiger partial charge in [0.25, 0.3) is 12.9 Å². The van der Waals surface area contributed by atoms with Crippen molar-refractivity contribution >= 4 is 12.9 Å². The standard InChI is InChI=1S/C29H19FO4/c30-19-11-9-18(10-12-19)15-29-22-7-3-1-5-20(22)26(21-6-2-4-8-23(21)29)27-24(33-16-31)13-14-25(28(27)29)34-17-32/h1-14,16-17,26H,15H2. The number of hydrogen-bond acceptors (Lipinski definition) is 4. The lowest BCUT2D eigenvalue weighted by Crippen LogP contribution is -2.44.